The number of carbonyl (C=O) groups excluding carboxylic acids is 2. The molecule has 1 aromatic heterocycles. The standard InChI is InChI=1S/C27H29FN2O3S/c1-33-23-10-5-7-20(17-23)25(26(31)29-22-8-3-2-4-9-22)30(27(32)24-11-6-16-34-24)18-19-12-14-21(28)15-13-19/h5-7,10-17,22,25H,2-4,8-9,18H2,1H3,(H,29,31)/t25-/m1/s1. The minimum Gasteiger partial charge on any atom is -0.497 e. The van der Waals surface area contributed by atoms with Gasteiger partial charge in [0, 0.05) is 12.6 Å². The Morgan fingerprint density at radius 3 is 2.53 bits per heavy atom. The van der Waals surface area contributed by atoms with Crippen LogP contribution in [0.2, 0.25) is 0 Å². The molecule has 2 amide bonds. The molecule has 1 aliphatic rings. The predicted molar refractivity (Wildman–Crippen MR) is 131 cm³/mol. The van der Waals surface area contributed by atoms with E-state index in [1.54, 1.807) is 36.3 Å². The van der Waals surface area contributed by atoms with Gasteiger partial charge in [0.1, 0.15) is 17.6 Å². The molecule has 1 N–H and O–H groups in total. The average molecular weight is 481 g/mol. The molecular formula is C27H29FN2O3S. The van der Waals surface area contributed by atoms with Crippen LogP contribution >= 0.6 is 11.3 Å². The lowest BCUT2D eigenvalue weighted by molar-refractivity contribution is -0.127. The molecule has 3 aromatic rings. The van der Waals surface area contributed by atoms with Gasteiger partial charge in [-0.05, 0) is 59.7 Å². The molecule has 0 radical (unpaired) electrons. The first kappa shape index (κ1) is 24.0. The zero-order valence-corrected chi connectivity index (χ0v) is 20.0. The second-order valence-corrected chi connectivity index (χ2v) is 9.51. The maximum absolute atomic E-state index is 13.8. The first-order valence-corrected chi connectivity index (χ1v) is 12.5. The smallest absolute Gasteiger partial charge is 0.265 e. The van der Waals surface area contributed by atoms with E-state index in [-0.39, 0.29) is 30.2 Å². The van der Waals surface area contributed by atoms with Gasteiger partial charge in [0.05, 0.1) is 12.0 Å². The van der Waals surface area contributed by atoms with Crippen molar-refractivity contribution in [2.24, 2.45) is 0 Å². The molecular weight excluding hydrogens is 451 g/mol. The number of halogens is 1. The summed E-state index contributed by atoms with van der Waals surface area (Å²) in [5.74, 6) is -0.198. The fraction of sp³-hybridized carbons (Fsp3) is 0.333. The number of thiophene rings is 1. The Bertz CT molecular complexity index is 1100. The third-order valence-electron chi connectivity index (χ3n) is 6.18. The number of nitrogens with one attached hydrogen (secondary N) is 1. The van der Waals surface area contributed by atoms with Crippen LogP contribution in [0.25, 0.3) is 0 Å². The number of methoxy groups -OCH3 is 1. The molecule has 0 unspecified atom stereocenters. The van der Waals surface area contributed by atoms with Crippen LogP contribution in [0.3, 0.4) is 0 Å². The number of amides is 2. The SMILES string of the molecule is COc1cccc([C@H](C(=O)NC2CCCCC2)N(Cc2ccc(F)cc2)C(=O)c2cccs2)c1. The van der Waals surface area contributed by atoms with Gasteiger partial charge in [0.15, 0.2) is 0 Å². The van der Waals surface area contributed by atoms with E-state index >= 15 is 0 Å². The normalized spacial score (nSPS) is 14.9. The molecule has 7 heteroatoms. The Morgan fingerprint density at radius 1 is 1.09 bits per heavy atom. The first-order chi connectivity index (χ1) is 16.5. The van der Waals surface area contributed by atoms with Crippen molar-refractivity contribution in [3.05, 3.63) is 87.9 Å². The molecule has 178 valence electrons. The summed E-state index contributed by atoms with van der Waals surface area (Å²) in [4.78, 5) is 29.6. The molecule has 34 heavy (non-hydrogen) atoms. The Balaban J connectivity index is 1.74. The Morgan fingerprint density at radius 2 is 1.85 bits per heavy atom. The highest BCUT2D eigenvalue weighted by atomic mass is 32.1. The van der Waals surface area contributed by atoms with Crippen molar-refractivity contribution in [2.75, 3.05) is 7.11 Å². The van der Waals surface area contributed by atoms with Crippen LogP contribution in [0.1, 0.15) is 58.9 Å². The molecule has 0 aliphatic heterocycles. The van der Waals surface area contributed by atoms with Gasteiger partial charge in [-0.3, -0.25) is 9.59 Å². The van der Waals surface area contributed by atoms with Crippen LogP contribution in [0, 0.1) is 5.82 Å². The number of benzene rings is 2. The molecule has 2 aromatic carbocycles. The Hall–Kier alpha value is -3.19. The van der Waals surface area contributed by atoms with E-state index in [2.05, 4.69) is 5.32 Å². The van der Waals surface area contributed by atoms with Gasteiger partial charge in [-0.15, -0.1) is 11.3 Å². The highest BCUT2D eigenvalue weighted by Gasteiger charge is 2.34. The predicted octanol–water partition coefficient (Wildman–Crippen LogP) is 5.73. The molecule has 1 fully saturated rings. The number of ether oxygens (including phenoxy) is 1. The minimum absolute atomic E-state index is 0.0962. The van der Waals surface area contributed by atoms with Gasteiger partial charge < -0.3 is 15.0 Å². The van der Waals surface area contributed by atoms with Gasteiger partial charge in [-0.25, -0.2) is 4.39 Å². The van der Waals surface area contributed by atoms with Gasteiger partial charge in [0.25, 0.3) is 5.91 Å². The summed E-state index contributed by atoms with van der Waals surface area (Å²) >= 11 is 1.33. The summed E-state index contributed by atoms with van der Waals surface area (Å²) in [6, 6.07) is 16.1. The lowest BCUT2D eigenvalue weighted by Crippen LogP contribution is -2.46. The first-order valence-electron chi connectivity index (χ1n) is 11.6. The summed E-state index contributed by atoms with van der Waals surface area (Å²) < 4.78 is 18.9. The van der Waals surface area contributed by atoms with E-state index in [0.717, 1.165) is 31.2 Å². The molecule has 0 saturated heterocycles. The number of rotatable bonds is 8. The van der Waals surface area contributed by atoms with Crippen LogP contribution in [0.15, 0.2) is 66.0 Å². The van der Waals surface area contributed by atoms with Gasteiger partial charge in [-0.2, -0.15) is 0 Å². The highest BCUT2D eigenvalue weighted by Crippen LogP contribution is 2.30. The minimum atomic E-state index is -0.864. The van der Waals surface area contributed by atoms with Gasteiger partial charge >= 0.3 is 0 Å². The van der Waals surface area contributed by atoms with Gasteiger partial charge in [0.2, 0.25) is 5.91 Å². The maximum atomic E-state index is 13.8. The lowest BCUT2D eigenvalue weighted by atomic mass is 9.94. The topological polar surface area (TPSA) is 58.6 Å². The molecule has 1 atom stereocenters. The van der Waals surface area contributed by atoms with E-state index < -0.39 is 6.04 Å². The summed E-state index contributed by atoms with van der Waals surface area (Å²) in [5.41, 5.74) is 1.41. The third-order valence-corrected chi connectivity index (χ3v) is 7.04. The Kier molecular flexibility index (Phi) is 7.95. The average Bonchev–Trinajstić information content (AvgIpc) is 3.40. The van der Waals surface area contributed by atoms with E-state index in [9.17, 15) is 14.0 Å². The quantitative estimate of drug-likeness (QED) is 0.448. The fourth-order valence-corrected chi connectivity index (χ4v) is 5.10. The summed E-state index contributed by atoms with van der Waals surface area (Å²) in [6.45, 7) is 0.164. The molecule has 5 nitrogen and oxygen atoms in total. The lowest BCUT2D eigenvalue weighted by Gasteiger charge is -2.33. The van der Waals surface area contributed by atoms with Crippen LogP contribution in [-0.2, 0) is 11.3 Å². The molecule has 1 aliphatic carbocycles. The zero-order valence-electron chi connectivity index (χ0n) is 19.2. The number of hydrogen-bond acceptors (Lipinski definition) is 4. The largest absolute Gasteiger partial charge is 0.497 e. The molecule has 0 bridgehead atoms. The van der Waals surface area contributed by atoms with Crippen molar-refractivity contribution in [1.82, 2.24) is 10.2 Å². The van der Waals surface area contributed by atoms with Gasteiger partial charge in [-0.1, -0.05) is 49.6 Å². The monoisotopic (exact) mass is 480 g/mol. The molecule has 1 saturated carbocycles. The Labute approximate surface area is 203 Å². The zero-order chi connectivity index (χ0) is 23.9. The van der Waals surface area contributed by atoms with Crippen molar-refractivity contribution >= 4 is 23.2 Å². The molecule has 4 rings (SSSR count). The van der Waals surface area contributed by atoms with E-state index in [1.807, 2.05) is 29.6 Å². The maximum Gasteiger partial charge on any atom is 0.265 e. The van der Waals surface area contributed by atoms with Crippen molar-refractivity contribution in [1.29, 1.82) is 0 Å². The summed E-state index contributed by atoms with van der Waals surface area (Å²) in [5, 5.41) is 5.04. The number of nitrogens with zero attached hydrogens (tertiary/aromatic N) is 1. The summed E-state index contributed by atoms with van der Waals surface area (Å²) in [7, 11) is 1.57. The third kappa shape index (κ3) is 5.83. The highest BCUT2D eigenvalue weighted by molar-refractivity contribution is 7.12. The van der Waals surface area contributed by atoms with Crippen LogP contribution in [0.4, 0.5) is 4.39 Å². The van der Waals surface area contributed by atoms with Crippen LogP contribution < -0.4 is 10.1 Å². The summed E-state index contributed by atoms with van der Waals surface area (Å²) in [6.07, 6.45) is 5.23. The molecule has 1 heterocycles. The molecule has 0 spiro atoms. The van der Waals surface area contributed by atoms with E-state index in [4.69, 9.17) is 4.74 Å². The van der Waals surface area contributed by atoms with E-state index in [1.165, 1.54) is 29.9 Å². The fourth-order valence-electron chi connectivity index (χ4n) is 4.42. The van der Waals surface area contributed by atoms with Crippen molar-refractivity contribution in [3.8, 4) is 5.75 Å². The van der Waals surface area contributed by atoms with Crippen LogP contribution in [-0.4, -0.2) is 29.9 Å². The second kappa shape index (κ2) is 11.3. The number of hydrogen-bond donors (Lipinski definition) is 1. The van der Waals surface area contributed by atoms with Crippen LogP contribution in [0.5, 0.6) is 5.75 Å². The number of carbonyl (C=O) groups is 2. The van der Waals surface area contributed by atoms with E-state index in [0.29, 0.717) is 16.2 Å². The van der Waals surface area contributed by atoms with Crippen molar-refractivity contribution in [2.45, 2.75) is 50.7 Å². The second-order valence-electron chi connectivity index (χ2n) is 8.56. The van der Waals surface area contributed by atoms with Crippen molar-refractivity contribution < 1.29 is 18.7 Å². The van der Waals surface area contributed by atoms with Crippen molar-refractivity contribution in [3.63, 3.8) is 0 Å².